The second-order valence-corrected chi connectivity index (χ2v) is 4.91. The molecule has 0 bridgehead atoms. The quantitative estimate of drug-likeness (QED) is 0.640. The van der Waals surface area contributed by atoms with Gasteiger partial charge in [0.15, 0.2) is 24.0 Å². The molecular formula is C17H12F3NO4. The number of halogens is 3. The highest BCUT2D eigenvalue weighted by Gasteiger charge is 2.14. The van der Waals surface area contributed by atoms with E-state index in [1.807, 2.05) is 0 Å². The summed E-state index contributed by atoms with van der Waals surface area (Å²) in [7, 11) is 0. The van der Waals surface area contributed by atoms with E-state index >= 15 is 0 Å². The monoisotopic (exact) mass is 351 g/mol. The molecule has 0 saturated carbocycles. The lowest BCUT2D eigenvalue weighted by molar-refractivity contribution is -0.141. The van der Waals surface area contributed by atoms with Crippen molar-refractivity contribution in [2.24, 2.45) is 0 Å². The highest BCUT2D eigenvalue weighted by molar-refractivity contribution is 5.98. The topological polar surface area (TPSA) is 72.5 Å². The molecule has 130 valence electrons. The number of rotatable bonds is 6. The summed E-state index contributed by atoms with van der Waals surface area (Å²) in [5.41, 5.74) is -0.138. The molecule has 0 saturated heterocycles. The van der Waals surface area contributed by atoms with Crippen LogP contribution in [0.4, 0.5) is 13.2 Å². The van der Waals surface area contributed by atoms with Gasteiger partial charge < -0.3 is 10.1 Å². The molecule has 0 spiro atoms. The van der Waals surface area contributed by atoms with Crippen LogP contribution in [0.2, 0.25) is 0 Å². The van der Waals surface area contributed by atoms with E-state index in [0.29, 0.717) is 6.07 Å². The normalized spacial score (nSPS) is 10.2. The van der Waals surface area contributed by atoms with E-state index < -0.39 is 48.3 Å². The van der Waals surface area contributed by atoms with Crippen molar-refractivity contribution in [1.82, 2.24) is 5.32 Å². The van der Waals surface area contributed by atoms with E-state index in [4.69, 9.17) is 0 Å². The minimum Gasteiger partial charge on any atom is -0.456 e. The molecule has 1 amide bonds. The SMILES string of the molecule is O=C(CNC(=O)c1cccc(F)c1)OCC(=O)c1ccc(F)c(F)c1. The molecule has 25 heavy (non-hydrogen) atoms. The van der Waals surface area contributed by atoms with Gasteiger partial charge in [0.05, 0.1) is 0 Å². The number of esters is 1. The van der Waals surface area contributed by atoms with Crippen molar-refractivity contribution in [2.45, 2.75) is 0 Å². The molecule has 2 rings (SSSR count). The Labute approximate surface area is 140 Å². The Balaban J connectivity index is 1.81. The smallest absolute Gasteiger partial charge is 0.325 e. The maximum Gasteiger partial charge on any atom is 0.325 e. The van der Waals surface area contributed by atoms with Crippen molar-refractivity contribution in [2.75, 3.05) is 13.2 Å². The molecule has 0 radical (unpaired) electrons. The number of benzene rings is 2. The Hall–Kier alpha value is -3.16. The summed E-state index contributed by atoms with van der Waals surface area (Å²) >= 11 is 0. The second kappa shape index (κ2) is 8.09. The minimum absolute atomic E-state index is 0.0191. The molecule has 1 N–H and O–H groups in total. The van der Waals surface area contributed by atoms with Crippen LogP contribution in [0.25, 0.3) is 0 Å². The summed E-state index contributed by atoms with van der Waals surface area (Å²) in [5.74, 6) is -5.24. The summed E-state index contributed by atoms with van der Waals surface area (Å²) in [6.45, 7) is -1.24. The zero-order valence-corrected chi connectivity index (χ0v) is 12.7. The third-order valence-electron chi connectivity index (χ3n) is 3.09. The molecule has 5 nitrogen and oxygen atoms in total. The van der Waals surface area contributed by atoms with Crippen LogP contribution in [0.15, 0.2) is 42.5 Å². The van der Waals surface area contributed by atoms with Crippen LogP contribution >= 0.6 is 0 Å². The standard InChI is InChI=1S/C17H12F3NO4/c18-12-3-1-2-11(6-12)17(24)21-8-16(23)25-9-15(22)10-4-5-13(19)14(20)7-10/h1-7H,8-9H2,(H,21,24). The third kappa shape index (κ3) is 5.17. The first-order valence-electron chi connectivity index (χ1n) is 7.04. The summed E-state index contributed by atoms with van der Waals surface area (Å²) in [6.07, 6.45) is 0. The molecule has 0 aliphatic rings. The van der Waals surface area contributed by atoms with E-state index in [9.17, 15) is 27.6 Å². The third-order valence-corrected chi connectivity index (χ3v) is 3.09. The number of carbonyl (C=O) groups is 3. The first kappa shape index (κ1) is 18.2. The van der Waals surface area contributed by atoms with Crippen molar-refractivity contribution in [3.8, 4) is 0 Å². The molecular weight excluding hydrogens is 339 g/mol. The average molecular weight is 351 g/mol. The zero-order valence-electron chi connectivity index (χ0n) is 12.7. The van der Waals surface area contributed by atoms with Gasteiger partial charge in [0, 0.05) is 11.1 Å². The van der Waals surface area contributed by atoms with Crippen LogP contribution in [-0.2, 0) is 9.53 Å². The molecule has 0 aliphatic carbocycles. The molecule has 2 aromatic rings. The van der Waals surface area contributed by atoms with Gasteiger partial charge in [-0.2, -0.15) is 0 Å². The number of carbonyl (C=O) groups excluding carboxylic acids is 3. The Morgan fingerprint density at radius 1 is 0.920 bits per heavy atom. The number of nitrogens with one attached hydrogen (secondary N) is 1. The van der Waals surface area contributed by atoms with Gasteiger partial charge in [0.2, 0.25) is 0 Å². The number of hydrogen-bond acceptors (Lipinski definition) is 4. The van der Waals surface area contributed by atoms with Crippen LogP contribution in [0.1, 0.15) is 20.7 Å². The van der Waals surface area contributed by atoms with Gasteiger partial charge in [-0.25, -0.2) is 13.2 Å². The highest BCUT2D eigenvalue weighted by atomic mass is 19.2. The molecule has 0 aliphatic heterocycles. The van der Waals surface area contributed by atoms with Crippen LogP contribution < -0.4 is 5.32 Å². The number of ketones is 1. The van der Waals surface area contributed by atoms with Crippen molar-refractivity contribution < 1.29 is 32.3 Å². The van der Waals surface area contributed by atoms with Gasteiger partial charge in [-0.15, -0.1) is 0 Å². The molecule has 0 fully saturated rings. The van der Waals surface area contributed by atoms with E-state index in [1.165, 1.54) is 12.1 Å². The van der Waals surface area contributed by atoms with Gasteiger partial charge >= 0.3 is 5.97 Å². The lowest BCUT2D eigenvalue weighted by atomic mass is 10.1. The Kier molecular flexibility index (Phi) is 5.89. The van der Waals surface area contributed by atoms with Gasteiger partial charge in [-0.3, -0.25) is 14.4 Å². The maximum absolute atomic E-state index is 13.0. The lowest BCUT2D eigenvalue weighted by Gasteiger charge is -2.06. The minimum atomic E-state index is -1.19. The first-order chi connectivity index (χ1) is 11.9. The fourth-order valence-corrected chi connectivity index (χ4v) is 1.83. The number of Topliss-reactive ketones (excluding diaryl/α,β-unsaturated/α-hetero) is 1. The van der Waals surface area contributed by atoms with Crippen molar-refractivity contribution in [3.05, 3.63) is 71.0 Å². The number of amides is 1. The molecule has 0 unspecified atom stereocenters. The molecule has 0 atom stereocenters. The summed E-state index contributed by atoms with van der Waals surface area (Å²) in [5, 5.41) is 2.20. The van der Waals surface area contributed by atoms with Crippen LogP contribution in [-0.4, -0.2) is 30.8 Å². The van der Waals surface area contributed by atoms with E-state index in [2.05, 4.69) is 10.1 Å². The van der Waals surface area contributed by atoms with Crippen molar-refractivity contribution in [1.29, 1.82) is 0 Å². The predicted molar refractivity (Wildman–Crippen MR) is 80.4 cm³/mol. The molecule has 2 aromatic carbocycles. The van der Waals surface area contributed by atoms with Crippen molar-refractivity contribution in [3.63, 3.8) is 0 Å². The van der Waals surface area contributed by atoms with Crippen LogP contribution in [0, 0.1) is 17.5 Å². The zero-order chi connectivity index (χ0) is 18.4. The van der Waals surface area contributed by atoms with Crippen molar-refractivity contribution >= 4 is 17.7 Å². The van der Waals surface area contributed by atoms with Gasteiger partial charge in [0.1, 0.15) is 12.4 Å². The van der Waals surface area contributed by atoms with Gasteiger partial charge in [0.25, 0.3) is 5.91 Å². The average Bonchev–Trinajstić information content (AvgIpc) is 2.59. The van der Waals surface area contributed by atoms with Crippen LogP contribution in [0.3, 0.4) is 0 Å². The highest BCUT2D eigenvalue weighted by Crippen LogP contribution is 2.09. The van der Waals surface area contributed by atoms with E-state index in [1.54, 1.807) is 0 Å². The summed E-state index contributed by atoms with van der Waals surface area (Å²) in [4.78, 5) is 34.9. The fourth-order valence-electron chi connectivity index (χ4n) is 1.83. The predicted octanol–water partition coefficient (Wildman–Crippen LogP) is 2.26. The van der Waals surface area contributed by atoms with E-state index in [0.717, 1.165) is 24.3 Å². The fraction of sp³-hybridized carbons (Fsp3) is 0.118. The molecule has 0 aromatic heterocycles. The van der Waals surface area contributed by atoms with E-state index in [-0.39, 0.29) is 11.1 Å². The van der Waals surface area contributed by atoms with Crippen LogP contribution in [0.5, 0.6) is 0 Å². The summed E-state index contributed by atoms with van der Waals surface area (Å²) < 4.78 is 43.4. The van der Waals surface area contributed by atoms with Gasteiger partial charge in [-0.1, -0.05) is 6.07 Å². The molecule has 8 heteroatoms. The second-order valence-electron chi connectivity index (χ2n) is 4.91. The number of ether oxygens (including phenoxy) is 1. The molecule has 0 heterocycles. The number of hydrogen-bond donors (Lipinski definition) is 1. The summed E-state index contributed by atoms with van der Waals surface area (Å²) in [6, 6.07) is 7.38. The lowest BCUT2D eigenvalue weighted by Crippen LogP contribution is -2.31. The first-order valence-corrected chi connectivity index (χ1v) is 7.04. The van der Waals surface area contributed by atoms with Gasteiger partial charge in [-0.05, 0) is 36.4 Å². The maximum atomic E-state index is 13.0. The largest absolute Gasteiger partial charge is 0.456 e. The Morgan fingerprint density at radius 3 is 2.36 bits per heavy atom. The Bertz CT molecular complexity index is 823. The Morgan fingerprint density at radius 2 is 1.68 bits per heavy atom.